The van der Waals surface area contributed by atoms with Crippen LogP contribution in [0.3, 0.4) is 0 Å². The second kappa shape index (κ2) is 7.24. The summed E-state index contributed by atoms with van der Waals surface area (Å²) in [7, 11) is 0. The van der Waals surface area contributed by atoms with Crippen molar-refractivity contribution in [2.45, 2.75) is 0 Å². The number of amides is 1. The van der Waals surface area contributed by atoms with E-state index in [1.165, 1.54) is 6.21 Å². The summed E-state index contributed by atoms with van der Waals surface area (Å²) in [6, 6.07) is 13.9. The molecule has 0 fully saturated rings. The smallest absolute Gasteiger partial charge is 0.257 e. The van der Waals surface area contributed by atoms with Crippen LogP contribution in [0.15, 0.2) is 58.7 Å². The Morgan fingerprint density at radius 2 is 1.91 bits per heavy atom. The van der Waals surface area contributed by atoms with Crippen LogP contribution >= 0.6 is 11.6 Å². The van der Waals surface area contributed by atoms with E-state index in [1.807, 2.05) is 0 Å². The van der Waals surface area contributed by atoms with Crippen molar-refractivity contribution in [3.8, 4) is 0 Å². The standard InChI is InChI=1S/C15H14ClN5O/c16-13-7-2-1-6-12(13)14(22)20-11-5-3-4-10(8-11)9-19-21-15(17)18/h1-9H,(H,20,22)(H4,17,18,21)/b19-9-. The van der Waals surface area contributed by atoms with E-state index in [9.17, 15) is 4.79 Å². The molecule has 0 bridgehead atoms. The van der Waals surface area contributed by atoms with Gasteiger partial charge in [-0.05, 0) is 29.8 Å². The quantitative estimate of drug-likeness (QED) is 0.457. The van der Waals surface area contributed by atoms with Crippen molar-refractivity contribution in [3.05, 3.63) is 64.7 Å². The van der Waals surface area contributed by atoms with Gasteiger partial charge in [-0.3, -0.25) is 4.79 Å². The first-order valence-corrected chi connectivity index (χ1v) is 6.72. The third-order valence-electron chi connectivity index (χ3n) is 2.64. The number of benzene rings is 2. The minimum absolute atomic E-state index is 0.126. The van der Waals surface area contributed by atoms with Crippen molar-refractivity contribution in [2.75, 3.05) is 5.32 Å². The third kappa shape index (κ3) is 4.32. The van der Waals surface area contributed by atoms with Gasteiger partial charge in [-0.2, -0.15) is 5.10 Å². The fourth-order valence-corrected chi connectivity index (χ4v) is 1.92. The molecule has 0 saturated carbocycles. The molecule has 0 aliphatic carbocycles. The summed E-state index contributed by atoms with van der Waals surface area (Å²) in [6.07, 6.45) is 1.48. The first-order valence-electron chi connectivity index (χ1n) is 6.34. The summed E-state index contributed by atoms with van der Waals surface area (Å²) >= 11 is 5.99. The maximum Gasteiger partial charge on any atom is 0.257 e. The molecule has 112 valence electrons. The van der Waals surface area contributed by atoms with Gasteiger partial charge in [0.05, 0.1) is 16.8 Å². The van der Waals surface area contributed by atoms with Gasteiger partial charge in [-0.1, -0.05) is 35.9 Å². The predicted molar refractivity (Wildman–Crippen MR) is 89.3 cm³/mol. The molecule has 0 saturated heterocycles. The number of anilines is 1. The van der Waals surface area contributed by atoms with Gasteiger partial charge in [0.15, 0.2) is 0 Å². The van der Waals surface area contributed by atoms with E-state index in [0.29, 0.717) is 16.3 Å². The Morgan fingerprint density at radius 3 is 2.64 bits per heavy atom. The zero-order valence-corrected chi connectivity index (χ0v) is 12.3. The van der Waals surface area contributed by atoms with Crippen LogP contribution in [-0.4, -0.2) is 18.1 Å². The lowest BCUT2D eigenvalue weighted by molar-refractivity contribution is 0.102. The molecule has 0 aliphatic rings. The molecule has 7 heteroatoms. The average Bonchev–Trinajstić information content (AvgIpc) is 2.47. The third-order valence-corrected chi connectivity index (χ3v) is 2.97. The summed E-state index contributed by atoms with van der Waals surface area (Å²) in [6.45, 7) is 0. The molecular weight excluding hydrogens is 302 g/mol. The Hall–Kier alpha value is -2.86. The van der Waals surface area contributed by atoms with Crippen LogP contribution in [0, 0.1) is 0 Å². The van der Waals surface area contributed by atoms with Crippen molar-refractivity contribution >= 4 is 35.4 Å². The fourth-order valence-electron chi connectivity index (χ4n) is 1.70. The molecule has 5 N–H and O–H groups in total. The van der Waals surface area contributed by atoms with Crippen molar-refractivity contribution in [3.63, 3.8) is 0 Å². The van der Waals surface area contributed by atoms with Gasteiger partial charge in [0, 0.05) is 5.69 Å². The van der Waals surface area contributed by atoms with E-state index in [0.717, 1.165) is 5.56 Å². The Bertz CT molecular complexity index is 738. The number of halogens is 1. The van der Waals surface area contributed by atoms with Gasteiger partial charge in [0.1, 0.15) is 0 Å². The maximum absolute atomic E-state index is 12.2. The summed E-state index contributed by atoms with van der Waals surface area (Å²) in [5.74, 6) is -0.414. The first-order chi connectivity index (χ1) is 10.6. The number of nitrogens with one attached hydrogen (secondary N) is 1. The Balaban J connectivity index is 2.14. The normalized spacial score (nSPS) is 10.4. The molecule has 2 aromatic carbocycles. The number of carbonyl (C=O) groups excluding carboxylic acids is 1. The van der Waals surface area contributed by atoms with E-state index in [2.05, 4.69) is 15.5 Å². The second-order valence-electron chi connectivity index (χ2n) is 4.33. The Kier molecular flexibility index (Phi) is 5.11. The van der Waals surface area contributed by atoms with E-state index >= 15 is 0 Å². The van der Waals surface area contributed by atoms with Gasteiger partial charge in [-0.15, -0.1) is 5.10 Å². The summed E-state index contributed by atoms with van der Waals surface area (Å²) in [5.41, 5.74) is 12.1. The zero-order chi connectivity index (χ0) is 15.9. The van der Waals surface area contributed by atoms with Crippen LogP contribution in [-0.2, 0) is 0 Å². The minimum atomic E-state index is -0.288. The molecule has 2 rings (SSSR count). The minimum Gasteiger partial charge on any atom is -0.369 e. The number of carbonyl (C=O) groups is 1. The van der Waals surface area contributed by atoms with Crippen molar-refractivity contribution in [1.82, 2.24) is 0 Å². The van der Waals surface area contributed by atoms with Crippen LogP contribution in [0.5, 0.6) is 0 Å². The largest absolute Gasteiger partial charge is 0.369 e. The molecule has 1 amide bonds. The lowest BCUT2D eigenvalue weighted by atomic mass is 10.2. The van der Waals surface area contributed by atoms with Crippen LogP contribution in [0.2, 0.25) is 5.02 Å². The molecule has 2 aromatic rings. The van der Waals surface area contributed by atoms with E-state index in [-0.39, 0.29) is 11.9 Å². The molecule has 0 spiro atoms. The summed E-state index contributed by atoms with van der Waals surface area (Å²) in [5, 5.41) is 10.4. The SMILES string of the molecule is NC(N)=N/N=C\c1cccc(NC(=O)c2ccccc2Cl)c1. The van der Waals surface area contributed by atoms with Gasteiger partial charge < -0.3 is 16.8 Å². The highest BCUT2D eigenvalue weighted by molar-refractivity contribution is 6.34. The molecule has 0 heterocycles. The van der Waals surface area contributed by atoms with Crippen molar-refractivity contribution in [2.24, 2.45) is 21.7 Å². The lowest BCUT2D eigenvalue weighted by Crippen LogP contribution is -2.21. The van der Waals surface area contributed by atoms with Gasteiger partial charge in [0.25, 0.3) is 5.91 Å². The molecule has 0 unspecified atom stereocenters. The molecule has 0 aromatic heterocycles. The number of nitrogens with two attached hydrogens (primary N) is 2. The fraction of sp³-hybridized carbons (Fsp3) is 0. The highest BCUT2D eigenvalue weighted by Crippen LogP contribution is 2.17. The zero-order valence-electron chi connectivity index (χ0n) is 11.5. The highest BCUT2D eigenvalue weighted by atomic mass is 35.5. The number of rotatable bonds is 4. The van der Waals surface area contributed by atoms with Gasteiger partial charge in [-0.25, -0.2) is 0 Å². The monoisotopic (exact) mass is 315 g/mol. The summed E-state index contributed by atoms with van der Waals surface area (Å²) in [4.78, 5) is 12.2. The second-order valence-corrected chi connectivity index (χ2v) is 4.74. The number of guanidine groups is 1. The van der Waals surface area contributed by atoms with E-state index in [1.54, 1.807) is 48.5 Å². The van der Waals surface area contributed by atoms with Crippen LogP contribution in [0.25, 0.3) is 0 Å². The van der Waals surface area contributed by atoms with Gasteiger partial charge >= 0.3 is 0 Å². The van der Waals surface area contributed by atoms with Crippen molar-refractivity contribution in [1.29, 1.82) is 0 Å². The average molecular weight is 316 g/mol. The highest BCUT2D eigenvalue weighted by Gasteiger charge is 2.09. The van der Waals surface area contributed by atoms with E-state index in [4.69, 9.17) is 23.1 Å². The topological polar surface area (TPSA) is 106 Å². The lowest BCUT2D eigenvalue weighted by Gasteiger charge is -2.07. The van der Waals surface area contributed by atoms with Gasteiger partial charge in [0.2, 0.25) is 5.96 Å². The molecule has 6 nitrogen and oxygen atoms in total. The Morgan fingerprint density at radius 1 is 1.14 bits per heavy atom. The molecule has 0 atom stereocenters. The number of nitrogens with zero attached hydrogens (tertiary/aromatic N) is 2. The number of hydrogen-bond acceptors (Lipinski definition) is 3. The molecular formula is C15H14ClN5O. The maximum atomic E-state index is 12.2. The predicted octanol–water partition coefficient (Wildman–Crippen LogP) is 2.20. The molecule has 0 aliphatic heterocycles. The summed E-state index contributed by atoms with van der Waals surface area (Å²) < 4.78 is 0. The van der Waals surface area contributed by atoms with Crippen LogP contribution < -0.4 is 16.8 Å². The van der Waals surface area contributed by atoms with Crippen LogP contribution in [0.4, 0.5) is 5.69 Å². The Labute approximate surface area is 132 Å². The first kappa shape index (κ1) is 15.5. The number of hydrogen-bond donors (Lipinski definition) is 3. The van der Waals surface area contributed by atoms with Crippen LogP contribution in [0.1, 0.15) is 15.9 Å². The van der Waals surface area contributed by atoms with Crippen molar-refractivity contribution < 1.29 is 4.79 Å². The molecule has 22 heavy (non-hydrogen) atoms. The van der Waals surface area contributed by atoms with E-state index < -0.39 is 0 Å². The molecule has 0 radical (unpaired) electrons.